The second-order valence-electron chi connectivity index (χ2n) is 3.83. The minimum Gasteiger partial charge on any atom is -0.373 e. The van der Waals surface area contributed by atoms with Gasteiger partial charge in [-0.15, -0.1) is 11.6 Å². The second kappa shape index (κ2) is 9.18. The highest BCUT2D eigenvalue weighted by Crippen LogP contribution is 2.43. The highest BCUT2D eigenvalue weighted by molar-refractivity contribution is 6.62. The Kier molecular flexibility index (Phi) is 9.26. The SMILES string of the molecule is CCO[Si](OCC)(OCC)C(CCCCl)C(F)(F)F. The molecule has 1 atom stereocenters. The summed E-state index contributed by atoms with van der Waals surface area (Å²) in [5.74, 6) is 0.168. The average Bonchev–Trinajstić information content (AvgIpc) is 2.28. The van der Waals surface area contributed by atoms with E-state index in [1.165, 1.54) is 0 Å². The maximum atomic E-state index is 13.3. The van der Waals surface area contributed by atoms with Gasteiger partial charge in [-0.25, -0.2) is 0 Å². The summed E-state index contributed by atoms with van der Waals surface area (Å²) >= 11 is 5.50. The first-order chi connectivity index (χ1) is 8.87. The number of alkyl halides is 4. The molecular weight excluding hydrogens is 301 g/mol. The lowest BCUT2D eigenvalue weighted by Crippen LogP contribution is -2.54. The molecule has 0 radical (unpaired) electrons. The first-order valence-corrected chi connectivity index (χ1v) is 8.76. The van der Waals surface area contributed by atoms with E-state index in [9.17, 15) is 13.2 Å². The third kappa shape index (κ3) is 5.99. The van der Waals surface area contributed by atoms with Gasteiger partial charge >= 0.3 is 15.0 Å². The Morgan fingerprint density at radius 2 is 1.42 bits per heavy atom. The summed E-state index contributed by atoms with van der Waals surface area (Å²) in [5, 5.41) is 0. The van der Waals surface area contributed by atoms with E-state index in [0.717, 1.165) is 0 Å². The number of halogens is 4. The van der Waals surface area contributed by atoms with Gasteiger partial charge in [-0.3, -0.25) is 0 Å². The van der Waals surface area contributed by atoms with E-state index in [2.05, 4.69) is 0 Å². The average molecular weight is 323 g/mol. The molecule has 0 amide bonds. The molecule has 0 bridgehead atoms. The maximum Gasteiger partial charge on any atom is 0.513 e. The van der Waals surface area contributed by atoms with Gasteiger partial charge in [-0.1, -0.05) is 0 Å². The van der Waals surface area contributed by atoms with Gasteiger partial charge in [0.05, 0.1) is 0 Å². The molecule has 0 aliphatic carbocycles. The topological polar surface area (TPSA) is 27.7 Å². The van der Waals surface area contributed by atoms with Crippen molar-refractivity contribution in [2.75, 3.05) is 25.7 Å². The molecule has 0 aliphatic heterocycles. The number of hydrogen-bond donors (Lipinski definition) is 0. The Labute approximate surface area is 118 Å². The summed E-state index contributed by atoms with van der Waals surface area (Å²) in [7, 11) is -3.78. The van der Waals surface area contributed by atoms with Crippen LogP contribution in [0.4, 0.5) is 13.2 Å². The predicted octanol–water partition coefficient (Wildman–Crippen LogP) is 3.99. The zero-order valence-corrected chi connectivity index (χ0v) is 13.3. The van der Waals surface area contributed by atoms with Crippen LogP contribution in [-0.2, 0) is 13.3 Å². The highest BCUT2D eigenvalue weighted by atomic mass is 35.5. The van der Waals surface area contributed by atoms with Crippen molar-refractivity contribution in [1.82, 2.24) is 0 Å². The Hall–Kier alpha value is 0.177. The van der Waals surface area contributed by atoms with Crippen molar-refractivity contribution >= 4 is 20.4 Å². The third-order valence-corrected chi connectivity index (χ3v) is 6.29. The number of hydrogen-bond acceptors (Lipinski definition) is 3. The summed E-state index contributed by atoms with van der Waals surface area (Å²) < 4.78 is 55.8. The lowest BCUT2D eigenvalue weighted by Gasteiger charge is -2.36. The molecule has 0 aliphatic rings. The molecule has 0 rings (SSSR count). The van der Waals surface area contributed by atoms with Crippen LogP contribution < -0.4 is 0 Å². The van der Waals surface area contributed by atoms with Crippen LogP contribution in [0, 0.1) is 0 Å². The maximum absolute atomic E-state index is 13.3. The zero-order chi connectivity index (χ0) is 14.9. The van der Waals surface area contributed by atoms with Crippen LogP contribution in [-0.4, -0.2) is 40.7 Å². The van der Waals surface area contributed by atoms with E-state index in [1.54, 1.807) is 20.8 Å². The van der Waals surface area contributed by atoms with Crippen molar-refractivity contribution in [1.29, 1.82) is 0 Å². The third-order valence-electron chi connectivity index (χ3n) is 2.48. The van der Waals surface area contributed by atoms with Gasteiger partial charge in [0.1, 0.15) is 5.54 Å². The second-order valence-corrected chi connectivity index (χ2v) is 6.98. The van der Waals surface area contributed by atoms with E-state index in [0.29, 0.717) is 0 Å². The minimum atomic E-state index is -4.42. The largest absolute Gasteiger partial charge is 0.513 e. The van der Waals surface area contributed by atoms with Gasteiger partial charge in [-0.2, -0.15) is 13.2 Å². The predicted molar refractivity (Wildman–Crippen MR) is 70.4 cm³/mol. The van der Waals surface area contributed by atoms with Gasteiger partial charge in [-0.05, 0) is 33.6 Å². The molecule has 1 unspecified atom stereocenters. The smallest absolute Gasteiger partial charge is 0.373 e. The fourth-order valence-corrected chi connectivity index (χ4v) is 5.03. The van der Waals surface area contributed by atoms with Gasteiger partial charge in [0, 0.05) is 25.7 Å². The lowest BCUT2D eigenvalue weighted by atomic mass is 10.2. The molecule has 3 nitrogen and oxygen atoms in total. The Morgan fingerprint density at radius 1 is 1.00 bits per heavy atom. The molecule has 0 N–H and O–H groups in total. The van der Waals surface area contributed by atoms with Crippen molar-refractivity contribution in [3.63, 3.8) is 0 Å². The standard InChI is InChI=1S/C11H22ClF3O3Si/c1-4-16-19(17-5-2,18-6-3)10(8-7-9-12)11(13,14)15/h10H,4-9H2,1-3H3. The van der Waals surface area contributed by atoms with E-state index < -0.39 is 20.5 Å². The van der Waals surface area contributed by atoms with Gasteiger partial charge in [0.2, 0.25) is 0 Å². The van der Waals surface area contributed by atoms with Crippen molar-refractivity contribution in [3.8, 4) is 0 Å². The van der Waals surface area contributed by atoms with Crippen molar-refractivity contribution in [3.05, 3.63) is 0 Å². The van der Waals surface area contributed by atoms with Gasteiger partial charge in [0.15, 0.2) is 0 Å². The Balaban J connectivity index is 5.28. The molecule has 0 aromatic heterocycles. The van der Waals surface area contributed by atoms with Crippen LogP contribution in [0.3, 0.4) is 0 Å². The number of rotatable bonds is 10. The molecule has 0 aromatic rings. The van der Waals surface area contributed by atoms with E-state index in [-0.39, 0.29) is 38.5 Å². The molecule has 19 heavy (non-hydrogen) atoms. The first kappa shape index (κ1) is 19.2. The van der Waals surface area contributed by atoms with E-state index >= 15 is 0 Å². The van der Waals surface area contributed by atoms with Crippen LogP contribution in [0.5, 0.6) is 0 Å². The lowest BCUT2D eigenvalue weighted by molar-refractivity contribution is -0.152. The highest BCUT2D eigenvalue weighted by Gasteiger charge is 2.61. The first-order valence-electron chi connectivity index (χ1n) is 6.42. The van der Waals surface area contributed by atoms with Gasteiger partial charge in [0.25, 0.3) is 0 Å². The summed E-state index contributed by atoms with van der Waals surface area (Å²) in [6.45, 7) is 5.28. The summed E-state index contributed by atoms with van der Waals surface area (Å²) in [4.78, 5) is 0. The van der Waals surface area contributed by atoms with Gasteiger partial charge < -0.3 is 13.3 Å². The van der Waals surface area contributed by atoms with E-state index in [4.69, 9.17) is 24.9 Å². The Morgan fingerprint density at radius 3 is 1.68 bits per heavy atom. The molecule has 0 saturated carbocycles. The van der Waals surface area contributed by atoms with Crippen LogP contribution >= 0.6 is 11.6 Å². The molecule has 0 saturated heterocycles. The quantitative estimate of drug-likeness (QED) is 0.449. The summed E-state index contributed by atoms with van der Waals surface area (Å²) in [6.07, 6.45) is -4.31. The van der Waals surface area contributed by atoms with Crippen LogP contribution in [0.2, 0.25) is 5.54 Å². The summed E-state index contributed by atoms with van der Waals surface area (Å²) in [6, 6.07) is 0. The normalized spacial score (nSPS) is 14.7. The minimum absolute atomic E-state index is 0.125. The molecule has 116 valence electrons. The molecule has 8 heteroatoms. The van der Waals surface area contributed by atoms with Crippen LogP contribution in [0.1, 0.15) is 33.6 Å². The van der Waals surface area contributed by atoms with Crippen LogP contribution in [0.15, 0.2) is 0 Å². The zero-order valence-electron chi connectivity index (χ0n) is 11.6. The molecule has 0 fully saturated rings. The molecular formula is C11H22ClF3O3Si. The fourth-order valence-electron chi connectivity index (χ4n) is 1.85. The van der Waals surface area contributed by atoms with Crippen molar-refractivity contribution in [2.45, 2.75) is 45.3 Å². The van der Waals surface area contributed by atoms with E-state index in [1.807, 2.05) is 0 Å². The van der Waals surface area contributed by atoms with Crippen molar-refractivity contribution < 1.29 is 26.4 Å². The monoisotopic (exact) mass is 322 g/mol. The van der Waals surface area contributed by atoms with Crippen LogP contribution in [0.25, 0.3) is 0 Å². The Bertz CT molecular complexity index is 225. The fraction of sp³-hybridized carbons (Fsp3) is 1.00. The summed E-state index contributed by atoms with van der Waals surface area (Å²) in [5.41, 5.74) is -1.72. The molecule has 0 spiro atoms. The van der Waals surface area contributed by atoms with Crippen molar-refractivity contribution in [2.24, 2.45) is 0 Å². The molecule has 0 aromatic carbocycles. The molecule has 0 heterocycles.